The Labute approximate surface area is 114 Å². The van der Waals surface area contributed by atoms with Crippen LogP contribution in [0.2, 0.25) is 0 Å². The molecular weight excluding hydrogens is 240 g/mol. The molecule has 1 aliphatic rings. The van der Waals surface area contributed by atoms with Gasteiger partial charge in [0.15, 0.2) is 0 Å². The Kier molecular flexibility index (Phi) is 4.43. The highest BCUT2D eigenvalue weighted by atomic mass is 16.3. The molecule has 1 aromatic carbocycles. The minimum Gasteiger partial charge on any atom is -0.507 e. The van der Waals surface area contributed by atoms with Crippen LogP contribution in [0.5, 0.6) is 5.75 Å². The smallest absolute Gasteiger partial charge is 0.222 e. The molecule has 104 valence electrons. The molecule has 1 fully saturated rings. The van der Waals surface area contributed by atoms with E-state index in [1.807, 2.05) is 30.0 Å². The van der Waals surface area contributed by atoms with Crippen LogP contribution in [0.15, 0.2) is 18.2 Å². The summed E-state index contributed by atoms with van der Waals surface area (Å²) in [5.41, 5.74) is 1.79. The van der Waals surface area contributed by atoms with Gasteiger partial charge in [0.1, 0.15) is 5.75 Å². The third-order valence-electron chi connectivity index (χ3n) is 3.63. The van der Waals surface area contributed by atoms with Crippen LogP contribution < -0.4 is 5.32 Å². The van der Waals surface area contributed by atoms with Gasteiger partial charge in [-0.05, 0) is 25.8 Å². The fourth-order valence-electron chi connectivity index (χ4n) is 2.44. The van der Waals surface area contributed by atoms with E-state index in [-0.39, 0.29) is 11.9 Å². The van der Waals surface area contributed by atoms with Crippen LogP contribution in [0.1, 0.15) is 30.9 Å². The number of rotatable bonds is 5. The van der Waals surface area contributed by atoms with Crippen molar-refractivity contribution in [2.75, 3.05) is 13.1 Å². The Morgan fingerprint density at radius 1 is 1.47 bits per heavy atom. The SMILES string of the molecule is Cc1cccc(CNC(C)CN2CCCC2=O)c1O. The molecule has 19 heavy (non-hydrogen) atoms. The highest BCUT2D eigenvalue weighted by molar-refractivity contribution is 5.78. The number of nitrogens with zero attached hydrogens (tertiary/aromatic N) is 1. The Hall–Kier alpha value is -1.55. The lowest BCUT2D eigenvalue weighted by atomic mass is 10.1. The van der Waals surface area contributed by atoms with E-state index in [4.69, 9.17) is 0 Å². The highest BCUT2D eigenvalue weighted by Gasteiger charge is 2.21. The zero-order valence-electron chi connectivity index (χ0n) is 11.6. The van der Waals surface area contributed by atoms with Crippen molar-refractivity contribution < 1.29 is 9.90 Å². The fourth-order valence-corrected chi connectivity index (χ4v) is 2.44. The van der Waals surface area contributed by atoms with Crippen molar-refractivity contribution in [3.8, 4) is 5.75 Å². The van der Waals surface area contributed by atoms with E-state index in [0.29, 0.717) is 18.7 Å². The van der Waals surface area contributed by atoms with E-state index < -0.39 is 0 Å². The Morgan fingerprint density at radius 2 is 2.26 bits per heavy atom. The third kappa shape index (κ3) is 3.47. The van der Waals surface area contributed by atoms with Crippen molar-refractivity contribution >= 4 is 5.91 Å². The van der Waals surface area contributed by atoms with Gasteiger partial charge in [-0.15, -0.1) is 0 Å². The average Bonchev–Trinajstić information content (AvgIpc) is 2.77. The monoisotopic (exact) mass is 262 g/mol. The summed E-state index contributed by atoms with van der Waals surface area (Å²) in [6, 6.07) is 5.98. The van der Waals surface area contributed by atoms with Gasteiger partial charge in [0.2, 0.25) is 5.91 Å². The zero-order valence-corrected chi connectivity index (χ0v) is 11.6. The standard InChI is InChI=1S/C15H22N2O2/c1-11-5-3-6-13(15(11)19)9-16-12(2)10-17-8-4-7-14(17)18/h3,5-6,12,16,19H,4,7-10H2,1-2H3. The van der Waals surface area contributed by atoms with Crippen molar-refractivity contribution in [2.45, 2.75) is 39.3 Å². The fraction of sp³-hybridized carbons (Fsp3) is 0.533. The number of benzene rings is 1. The first-order chi connectivity index (χ1) is 9.08. The number of aryl methyl sites for hydroxylation is 1. The number of phenols is 1. The van der Waals surface area contributed by atoms with Gasteiger partial charge in [0.05, 0.1) is 0 Å². The van der Waals surface area contributed by atoms with E-state index in [9.17, 15) is 9.90 Å². The third-order valence-corrected chi connectivity index (χ3v) is 3.63. The van der Waals surface area contributed by atoms with Crippen LogP contribution in [0.3, 0.4) is 0 Å². The van der Waals surface area contributed by atoms with Crippen LogP contribution in [-0.4, -0.2) is 35.0 Å². The van der Waals surface area contributed by atoms with E-state index in [1.165, 1.54) is 0 Å². The van der Waals surface area contributed by atoms with Crippen LogP contribution in [0, 0.1) is 6.92 Å². The lowest BCUT2D eigenvalue weighted by Crippen LogP contribution is -2.39. The second-order valence-corrected chi connectivity index (χ2v) is 5.31. The molecule has 2 N–H and O–H groups in total. The first-order valence-electron chi connectivity index (χ1n) is 6.86. The minimum atomic E-state index is 0.224. The summed E-state index contributed by atoms with van der Waals surface area (Å²) >= 11 is 0. The molecule has 1 aliphatic heterocycles. The van der Waals surface area contributed by atoms with E-state index in [0.717, 1.165) is 30.6 Å². The van der Waals surface area contributed by atoms with Gasteiger partial charge in [-0.25, -0.2) is 0 Å². The number of hydrogen-bond acceptors (Lipinski definition) is 3. The topological polar surface area (TPSA) is 52.6 Å². The van der Waals surface area contributed by atoms with Gasteiger partial charge in [-0.3, -0.25) is 4.79 Å². The molecule has 4 heteroatoms. The molecule has 2 rings (SSSR count). The molecule has 1 aromatic rings. The number of carbonyl (C=O) groups is 1. The lowest BCUT2D eigenvalue weighted by Gasteiger charge is -2.22. The summed E-state index contributed by atoms with van der Waals surface area (Å²) in [4.78, 5) is 13.5. The molecule has 1 atom stereocenters. The number of phenolic OH excluding ortho intramolecular Hbond substituents is 1. The lowest BCUT2D eigenvalue weighted by molar-refractivity contribution is -0.127. The predicted molar refractivity (Wildman–Crippen MR) is 75.0 cm³/mol. The van der Waals surface area contributed by atoms with Crippen molar-refractivity contribution in [3.05, 3.63) is 29.3 Å². The number of amides is 1. The molecule has 4 nitrogen and oxygen atoms in total. The maximum atomic E-state index is 11.5. The molecule has 1 unspecified atom stereocenters. The van der Waals surface area contributed by atoms with Crippen molar-refractivity contribution in [1.82, 2.24) is 10.2 Å². The van der Waals surface area contributed by atoms with Gasteiger partial charge in [-0.2, -0.15) is 0 Å². The van der Waals surface area contributed by atoms with Gasteiger partial charge in [-0.1, -0.05) is 18.2 Å². The Bertz CT molecular complexity index is 459. The molecule has 1 heterocycles. The van der Waals surface area contributed by atoms with E-state index in [2.05, 4.69) is 12.2 Å². The van der Waals surface area contributed by atoms with Gasteiger partial charge in [0.25, 0.3) is 0 Å². The van der Waals surface area contributed by atoms with Crippen LogP contribution in [0.4, 0.5) is 0 Å². The number of para-hydroxylation sites is 1. The summed E-state index contributed by atoms with van der Waals surface area (Å²) in [5.74, 6) is 0.617. The number of hydrogen-bond donors (Lipinski definition) is 2. The largest absolute Gasteiger partial charge is 0.507 e. The number of aromatic hydroxyl groups is 1. The van der Waals surface area contributed by atoms with Crippen LogP contribution in [0.25, 0.3) is 0 Å². The van der Waals surface area contributed by atoms with Gasteiger partial charge in [0, 0.05) is 37.7 Å². The highest BCUT2D eigenvalue weighted by Crippen LogP contribution is 2.21. The summed E-state index contributed by atoms with van der Waals surface area (Å²) in [6.45, 7) is 6.20. The second kappa shape index (κ2) is 6.06. The first kappa shape index (κ1) is 13.9. The van der Waals surface area contributed by atoms with Gasteiger partial charge >= 0.3 is 0 Å². The molecule has 0 bridgehead atoms. The van der Waals surface area contributed by atoms with Crippen LogP contribution in [-0.2, 0) is 11.3 Å². The van der Waals surface area contributed by atoms with Crippen molar-refractivity contribution in [2.24, 2.45) is 0 Å². The molecular formula is C15H22N2O2. The Morgan fingerprint density at radius 3 is 2.95 bits per heavy atom. The molecule has 0 aromatic heterocycles. The number of likely N-dealkylation sites (tertiary alicyclic amines) is 1. The van der Waals surface area contributed by atoms with E-state index >= 15 is 0 Å². The summed E-state index contributed by atoms with van der Waals surface area (Å²) in [7, 11) is 0. The molecule has 0 saturated carbocycles. The molecule has 0 spiro atoms. The zero-order chi connectivity index (χ0) is 13.8. The minimum absolute atomic E-state index is 0.224. The summed E-state index contributed by atoms with van der Waals surface area (Å²) in [6.07, 6.45) is 1.66. The van der Waals surface area contributed by atoms with Gasteiger partial charge < -0.3 is 15.3 Å². The maximum absolute atomic E-state index is 11.5. The molecule has 0 aliphatic carbocycles. The maximum Gasteiger partial charge on any atom is 0.222 e. The normalized spacial score (nSPS) is 16.9. The molecule has 1 amide bonds. The summed E-state index contributed by atoms with van der Waals surface area (Å²) < 4.78 is 0. The first-order valence-corrected chi connectivity index (χ1v) is 6.86. The molecule has 0 radical (unpaired) electrons. The van der Waals surface area contributed by atoms with Crippen molar-refractivity contribution in [1.29, 1.82) is 0 Å². The Balaban J connectivity index is 1.84. The number of nitrogens with one attached hydrogen (secondary N) is 1. The molecule has 1 saturated heterocycles. The average molecular weight is 262 g/mol. The van der Waals surface area contributed by atoms with Crippen molar-refractivity contribution in [3.63, 3.8) is 0 Å². The second-order valence-electron chi connectivity index (χ2n) is 5.31. The number of carbonyl (C=O) groups excluding carboxylic acids is 1. The predicted octanol–water partition coefficient (Wildman–Crippen LogP) is 1.80. The quantitative estimate of drug-likeness (QED) is 0.851. The summed E-state index contributed by atoms with van der Waals surface area (Å²) in [5, 5.41) is 13.3. The van der Waals surface area contributed by atoms with E-state index in [1.54, 1.807) is 0 Å². The van der Waals surface area contributed by atoms with Crippen LogP contribution >= 0.6 is 0 Å².